The molecule has 1 aliphatic rings. The molecular formula is C19H32FIN4O. The lowest BCUT2D eigenvalue weighted by atomic mass is 10.3. The summed E-state index contributed by atoms with van der Waals surface area (Å²) in [4.78, 5) is 7.10. The molecule has 1 heterocycles. The van der Waals surface area contributed by atoms with Crippen LogP contribution >= 0.6 is 24.0 Å². The number of halogens is 2. The molecule has 1 aliphatic heterocycles. The van der Waals surface area contributed by atoms with E-state index in [1.165, 1.54) is 38.1 Å². The van der Waals surface area contributed by atoms with Crippen LogP contribution in [0.5, 0.6) is 5.75 Å². The summed E-state index contributed by atoms with van der Waals surface area (Å²) >= 11 is 0. The number of aliphatic imine (C=N–C) groups is 1. The monoisotopic (exact) mass is 478 g/mol. The zero-order valence-electron chi connectivity index (χ0n) is 15.8. The molecule has 5 nitrogen and oxygen atoms in total. The number of likely N-dealkylation sites (tertiary alicyclic amines) is 1. The molecule has 0 amide bonds. The Kier molecular flexibility index (Phi) is 11.6. The van der Waals surface area contributed by atoms with Gasteiger partial charge in [-0.05, 0) is 77.0 Å². The lowest BCUT2D eigenvalue weighted by Crippen LogP contribution is -2.39. The quantitative estimate of drug-likeness (QED) is 0.248. The smallest absolute Gasteiger partial charge is 0.191 e. The Morgan fingerprint density at radius 3 is 2.58 bits per heavy atom. The van der Waals surface area contributed by atoms with Crippen LogP contribution in [0.1, 0.15) is 33.1 Å². The van der Waals surface area contributed by atoms with Crippen LogP contribution in [0, 0.1) is 5.82 Å². The van der Waals surface area contributed by atoms with Crippen molar-refractivity contribution in [2.75, 3.05) is 39.3 Å². The summed E-state index contributed by atoms with van der Waals surface area (Å²) in [7, 11) is 0. The van der Waals surface area contributed by atoms with E-state index < -0.39 is 0 Å². The molecule has 1 aromatic rings. The molecule has 1 fully saturated rings. The zero-order valence-corrected chi connectivity index (χ0v) is 18.2. The predicted molar refractivity (Wildman–Crippen MR) is 116 cm³/mol. The second-order valence-corrected chi connectivity index (χ2v) is 6.43. The molecule has 0 saturated carbocycles. The van der Waals surface area contributed by atoms with Crippen LogP contribution in [0.4, 0.5) is 4.39 Å². The van der Waals surface area contributed by atoms with Gasteiger partial charge in [-0.15, -0.1) is 24.0 Å². The summed E-state index contributed by atoms with van der Waals surface area (Å²) in [6.07, 6.45) is 3.71. The number of ether oxygens (including phenoxy) is 1. The van der Waals surface area contributed by atoms with Crippen LogP contribution in [0.2, 0.25) is 0 Å². The summed E-state index contributed by atoms with van der Waals surface area (Å²) in [5.74, 6) is 1.22. The van der Waals surface area contributed by atoms with Crippen LogP contribution in [0.3, 0.4) is 0 Å². The molecule has 0 spiro atoms. The predicted octanol–water partition coefficient (Wildman–Crippen LogP) is 3.25. The van der Waals surface area contributed by atoms with Crippen LogP contribution in [0.25, 0.3) is 0 Å². The molecule has 0 aromatic heterocycles. The highest BCUT2D eigenvalue weighted by atomic mass is 127. The van der Waals surface area contributed by atoms with Gasteiger partial charge < -0.3 is 20.3 Å². The molecule has 2 rings (SSSR count). The van der Waals surface area contributed by atoms with Crippen LogP contribution in [-0.4, -0.2) is 56.2 Å². The van der Waals surface area contributed by atoms with Crippen molar-refractivity contribution >= 4 is 29.9 Å². The second kappa shape index (κ2) is 13.1. The minimum atomic E-state index is -0.259. The summed E-state index contributed by atoms with van der Waals surface area (Å²) < 4.78 is 18.7. The lowest BCUT2D eigenvalue weighted by molar-refractivity contribution is 0.230. The van der Waals surface area contributed by atoms with E-state index in [1.54, 1.807) is 12.1 Å². The Labute approximate surface area is 173 Å². The van der Waals surface area contributed by atoms with E-state index in [9.17, 15) is 4.39 Å². The Morgan fingerprint density at radius 1 is 1.23 bits per heavy atom. The third-order valence-corrected chi connectivity index (χ3v) is 4.14. The maximum Gasteiger partial charge on any atom is 0.191 e. The van der Waals surface area contributed by atoms with Crippen molar-refractivity contribution in [1.29, 1.82) is 0 Å². The highest BCUT2D eigenvalue weighted by Gasteiger charge is 2.10. The maximum atomic E-state index is 12.9. The molecule has 148 valence electrons. The van der Waals surface area contributed by atoms with Crippen molar-refractivity contribution in [3.8, 4) is 5.75 Å². The van der Waals surface area contributed by atoms with E-state index in [0.29, 0.717) is 12.3 Å². The molecular weight excluding hydrogens is 446 g/mol. The molecule has 1 atom stereocenters. The number of nitrogens with one attached hydrogen (secondary N) is 2. The van der Waals surface area contributed by atoms with Crippen molar-refractivity contribution < 1.29 is 9.13 Å². The molecule has 7 heteroatoms. The van der Waals surface area contributed by atoms with Gasteiger partial charge in [0.2, 0.25) is 0 Å². The van der Waals surface area contributed by atoms with Gasteiger partial charge in [0.15, 0.2) is 5.96 Å². The van der Waals surface area contributed by atoms with Gasteiger partial charge in [-0.1, -0.05) is 0 Å². The van der Waals surface area contributed by atoms with Gasteiger partial charge in [-0.3, -0.25) is 0 Å². The first-order valence-corrected chi connectivity index (χ1v) is 9.34. The molecule has 0 aliphatic carbocycles. The van der Waals surface area contributed by atoms with Crippen LogP contribution < -0.4 is 15.4 Å². The molecule has 0 radical (unpaired) electrons. The highest BCUT2D eigenvalue weighted by Crippen LogP contribution is 2.13. The fourth-order valence-electron chi connectivity index (χ4n) is 2.86. The molecule has 26 heavy (non-hydrogen) atoms. The van der Waals surface area contributed by atoms with Crippen molar-refractivity contribution in [3.05, 3.63) is 30.1 Å². The average molecular weight is 478 g/mol. The number of nitrogens with zero attached hydrogens (tertiary/aromatic N) is 2. The second-order valence-electron chi connectivity index (χ2n) is 6.43. The third kappa shape index (κ3) is 9.02. The topological polar surface area (TPSA) is 48.9 Å². The minimum absolute atomic E-state index is 0. The highest BCUT2D eigenvalue weighted by molar-refractivity contribution is 14.0. The number of rotatable bonds is 9. The summed E-state index contributed by atoms with van der Waals surface area (Å²) in [5.41, 5.74) is 0. The van der Waals surface area contributed by atoms with E-state index in [0.717, 1.165) is 32.0 Å². The molecule has 1 saturated heterocycles. The normalized spacial score (nSPS) is 16.0. The molecule has 1 unspecified atom stereocenters. The minimum Gasteiger partial charge on any atom is -0.489 e. The van der Waals surface area contributed by atoms with Crippen molar-refractivity contribution in [3.63, 3.8) is 0 Å². The van der Waals surface area contributed by atoms with Gasteiger partial charge in [0, 0.05) is 13.1 Å². The Hall–Kier alpha value is -1.09. The summed E-state index contributed by atoms with van der Waals surface area (Å²) in [6.45, 7) is 9.93. The number of benzene rings is 1. The van der Waals surface area contributed by atoms with Gasteiger partial charge in [0.25, 0.3) is 0 Å². The number of hydrogen-bond donors (Lipinski definition) is 2. The number of hydrogen-bond acceptors (Lipinski definition) is 3. The fraction of sp³-hybridized carbons (Fsp3) is 0.632. The van der Waals surface area contributed by atoms with Crippen molar-refractivity contribution in [1.82, 2.24) is 15.5 Å². The van der Waals surface area contributed by atoms with Crippen molar-refractivity contribution in [2.45, 2.75) is 39.2 Å². The fourth-order valence-corrected chi connectivity index (χ4v) is 2.86. The first-order valence-electron chi connectivity index (χ1n) is 9.34. The summed E-state index contributed by atoms with van der Waals surface area (Å²) in [5, 5.41) is 6.64. The zero-order chi connectivity index (χ0) is 17.9. The number of guanidine groups is 1. The molecule has 1 aromatic carbocycles. The van der Waals surface area contributed by atoms with E-state index >= 15 is 0 Å². The van der Waals surface area contributed by atoms with E-state index in [2.05, 4.69) is 27.4 Å². The van der Waals surface area contributed by atoms with Gasteiger partial charge in [-0.25, -0.2) is 9.38 Å². The van der Waals surface area contributed by atoms with E-state index in [1.807, 2.05) is 6.92 Å². The Morgan fingerprint density at radius 2 is 1.92 bits per heavy atom. The van der Waals surface area contributed by atoms with Crippen molar-refractivity contribution in [2.24, 2.45) is 4.99 Å². The first kappa shape index (κ1) is 23.0. The van der Waals surface area contributed by atoms with Gasteiger partial charge in [0.1, 0.15) is 17.7 Å². The van der Waals surface area contributed by atoms with E-state index in [-0.39, 0.29) is 35.9 Å². The Bertz CT molecular complexity index is 521. The standard InChI is InChI=1S/C19H31FN4O.HI/c1-3-21-19(22-11-6-14-24-12-4-5-13-24)23-15-16(2)25-18-9-7-17(20)8-10-18;/h7-10,16H,3-6,11-15H2,1-2H3,(H2,21,22,23);1H. The third-order valence-electron chi connectivity index (χ3n) is 4.14. The van der Waals surface area contributed by atoms with Gasteiger partial charge >= 0.3 is 0 Å². The lowest BCUT2D eigenvalue weighted by Gasteiger charge is -2.17. The largest absolute Gasteiger partial charge is 0.489 e. The first-order chi connectivity index (χ1) is 12.2. The van der Waals surface area contributed by atoms with E-state index in [4.69, 9.17) is 4.74 Å². The maximum absolute atomic E-state index is 12.9. The molecule has 2 N–H and O–H groups in total. The molecule has 0 bridgehead atoms. The van der Waals surface area contributed by atoms with Gasteiger partial charge in [0.05, 0.1) is 6.54 Å². The van der Waals surface area contributed by atoms with Crippen LogP contribution in [-0.2, 0) is 0 Å². The average Bonchev–Trinajstić information content (AvgIpc) is 3.12. The summed E-state index contributed by atoms with van der Waals surface area (Å²) in [6, 6.07) is 6.07. The van der Waals surface area contributed by atoms with Crippen LogP contribution in [0.15, 0.2) is 29.3 Å². The Balaban J connectivity index is 0.00000338. The van der Waals surface area contributed by atoms with Gasteiger partial charge in [-0.2, -0.15) is 0 Å². The SMILES string of the molecule is CCNC(=NCC(C)Oc1ccc(F)cc1)NCCCN1CCCC1.I.